The minimum atomic E-state index is 0. The summed E-state index contributed by atoms with van der Waals surface area (Å²) >= 11 is 0. The molecule has 0 aliphatic carbocycles. The monoisotopic (exact) mass is 505 g/mol. The van der Waals surface area contributed by atoms with Crippen molar-refractivity contribution in [3.8, 4) is 5.75 Å². The molecule has 1 aromatic rings. The second-order valence-electron chi connectivity index (χ2n) is 7.11. The number of aryl methyl sites for hydroxylation is 1. The summed E-state index contributed by atoms with van der Waals surface area (Å²) in [5.41, 5.74) is 1.20. The number of benzene rings is 1. The smallest absolute Gasteiger partial charge is 0.191 e. The minimum absolute atomic E-state index is 0. The predicted molar refractivity (Wildman–Crippen MR) is 125 cm³/mol. The summed E-state index contributed by atoms with van der Waals surface area (Å²) in [6, 6.07) is 8.10. The van der Waals surface area contributed by atoms with Crippen LogP contribution < -0.4 is 15.4 Å². The Balaban J connectivity index is 0.00000392. The van der Waals surface area contributed by atoms with Crippen LogP contribution in [0, 0.1) is 12.8 Å². The fraction of sp³-hybridized carbons (Fsp3) is 0.667. The van der Waals surface area contributed by atoms with Gasteiger partial charge in [0.05, 0.1) is 6.54 Å². The fourth-order valence-corrected chi connectivity index (χ4v) is 2.97. The van der Waals surface area contributed by atoms with Crippen molar-refractivity contribution in [1.82, 2.24) is 10.6 Å². The Morgan fingerprint density at radius 3 is 2.79 bits per heavy atom. The highest BCUT2D eigenvalue weighted by atomic mass is 127. The van der Waals surface area contributed by atoms with E-state index < -0.39 is 0 Å². The molecular formula is C21H36IN3O3. The van der Waals surface area contributed by atoms with Crippen LogP contribution >= 0.6 is 24.0 Å². The van der Waals surface area contributed by atoms with Crippen molar-refractivity contribution in [3.05, 3.63) is 29.8 Å². The summed E-state index contributed by atoms with van der Waals surface area (Å²) in [5.74, 6) is 2.35. The van der Waals surface area contributed by atoms with E-state index in [2.05, 4.69) is 28.6 Å². The number of guanidine groups is 1. The van der Waals surface area contributed by atoms with Gasteiger partial charge in [0, 0.05) is 40.0 Å². The predicted octanol–water partition coefficient (Wildman–Crippen LogP) is 3.38. The Kier molecular flexibility index (Phi) is 13.3. The van der Waals surface area contributed by atoms with Gasteiger partial charge in [0.25, 0.3) is 0 Å². The summed E-state index contributed by atoms with van der Waals surface area (Å²) in [6.07, 6.45) is 3.25. The molecule has 0 spiro atoms. The van der Waals surface area contributed by atoms with Crippen molar-refractivity contribution in [3.63, 3.8) is 0 Å². The standard InChI is InChI=1S/C21H35N3O3.HI/c1-17-6-4-7-20(14-17)27-18(2)15-24-21(22-3)23-10-5-11-26-16-19-8-12-25-13-9-19;/h4,6-7,14,18-19H,5,8-13,15-16H2,1-3H3,(H2,22,23,24);1H. The van der Waals surface area contributed by atoms with Crippen molar-refractivity contribution in [2.45, 2.75) is 39.2 Å². The van der Waals surface area contributed by atoms with Crippen molar-refractivity contribution in [2.24, 2.45) is 10.9 Å². The van der Waals surface area contributed by atoms with Crippen LogP contribution in [0.4, 0.5) is 0 Å². The molecule has 1 heterocycles. The maximum absolute atomic E-state index is 5.93. The lowest BCUT2D eigenvalue weighted by Gasteiger charge is -2.21. The summed E-state index contributed by atoms with van der Waals surface area (Å²) in [4.78, 5) is 4.26. The molecule has 1 aliphatic rings. The van der Waals surface area contributed by atoms with Crippen molar-refractivity contribution in [1.29, 1.82) is 0 Å². The third-order valence-corrected chi connectivity index (χ3v) is 4.56. The number of halogens is 1. The lowest BCUT2D eigenvalue weighted by atomic mass is 10.0. The maximum atomic E-state index is 5.93. The zero-order valence-electron chi connectivity index (χ0n) is 17.4. The largest absolute Gasteiger partial charge is 0.489 e. The lowest BCUT2D eigenvalue weighted by molar-refractivity contribution is 0.0203. The van der Waals surface area contributed by atoms with Gasteiger partial charge in [-0.2, -0.15) is 0 Å². The number of aliphatic imine (C=N–C) groups is 1. The third-order valence-electron chi connectivity index (χ3n) is 4.56. The summed E-state index contributed by atoms with van der Waals surface area (Å²) < 4.78 is 17.1. The number of hydrogen-bond donors (Lipinski definition) is 2. The van der Waals surface area contributed by atoms with Crippen molar-refractivity contribution >= 4 is 29.9 Å². The Morgan fingerprint density at radius 2 is 2.07 bits per heavy atom. The minimum Gasteiger partial charge on any atom is -0.489 e. The first-order valence-electron chi connectivity index (χ1n) is 10.0. The van der Waals surface area contributed by atoms with Gasteiger partial charge in [-0.1, -0.05) is 12.1 Å². The van der Waals surface area contributed by atoms with Crippen LogP contribution in [-0.2, 0) is 9.47 Å². The van der Waals surface area contributed by atoms with Crippen LogP contribution in [0.25, 0.3) is 0 Å². The quantitative estimate of drug-likeness (QED) is 0.221. The van der Waals surface area contributed by atoms with E-state index in [9.17, 15) is 0 Å². The summed E-state index contributed by atoms with van der Waals surface area (Å²) in [7, 11) is 1.78. The molecule has 1 saturated heterocycles. The van der Waals surface area contributed by atoms with Gasteiger partial charge in [-0.25, -0.2) is 0 Å². The molecule has 0 bridgehead atoms. The van der Waals surface area contributed by atoms with Crippen LogP contribution in [0.3, 0.4) is 0 Å². The lowest BCUT2D eigenvalue weighted by Crippen LogP contribution is -2.42. The number of nitrogens with zero attached hydrogens (tertiary/aromatic N) is 1. The molecule has 1 atom stereocenters. The molecule has 0 aromatic heterocycles. The average Bonchev–Trinajstić information content (AvgIpc) is 2.67. The Labute approximate surface area is 186 Å². The molecule has 0 amide bonds. The van der Waals surface area contributed by atoms with E-state index in [4.69, 9.17) is 14.2 Å². The second kappa shape index (κ2) is 14.9. The second-order valence-corrected chi connectivity index (χ2v) is 7.11. The van der Waals surface area contributed by atoms with E-state index >= 15 is 0 Å². The molecule has 160 valence electrons. The van der Waals surface area contributed by atoms with Crippen LogP contribution in [0.2, 0.25) is 0 Å². The van der Waals surface area contributed by atoms with E-state index in [0.717, 1.165) is 63.9 Å². The molecule has 0 radical (unpaired) electrons. The topological polar surface area (TPSA) is 64.1 Å². The average molecular weight is 505 g/mol. The number of ether oxygens (including phenoxy) is 3. The first kappa shape index (κ1) is 25.0. The molecule has 1 unspecified atom stereocenters. The van der Waals surface area contributed by atoms with E-state index in [0.29, 0.717) is 12.5 Å². The van der Waals surface area contributed by atoms with E-state index in [1.165, 1.54) is 5.56 Å². The van der Waals surface area contributed by atoms with Gasteiger partial charge in [-0.05, 0) is 56.7 Å². The molecule has 1 aliphatic heterocycles. The van der Waals surface area contributed by atoms with Crippen LogP contribution in [0.5, 0.6) is 5.75 Å². The SMILES string of the molecule is CN=C(NCCCOCC1CCOCC1)NCC(C)Oc1cccc(C)c1.I. The first-order valence-corrected chi connectivity index (χ1v) is 10.0. The fourth-order valence-electron chi connectivity index (χ4n) is 2.97. The normalized spacial score (nSPS) is 16.2. The Hall–Kier alpha value is -1.06. The first-order chi connectivity index (χ1) is 13.2. The number of nitrogens with one attached hydrogen (secondary N) is 2. The Morgan fingerprint density at radius 1 is 1.29 bits per heavy atom. The van der Waals surface area contributed by atoms with E-state index in [1.54, 1.807) is 7.05 Å². The highest BCUT2D eigenvalue weighted by molar-refractivity contribution is 14.0. The molecule has 7 heteroatoms. The number of rotatable bonds is 10. The molecule has 1 fully saturated rings. The van der Waals surface area contributed by atoms with E-state index in [-0.39, 0.29) is 30.1 Å². The molecule has 1 aromatic carbocycles. The molecule has 28 heavy (non-hydrogen) atoms. The van der Waals surface area contributed by atoms with Gasteiger partial charge < -0.3 is 24.8 Å². The van der Waals surface area contributed by atoms with Crippen LogP contribution in [0.15, 0.2) is 29.3 Å². The van der Waals surface area contributed by atoms with Crippen molar-refractivity contribution < 1.29 is 14.2 Å². The molecule has 2 rings (SSSR count). The van der Waals surface area contributed by atoms with Gasteiger partial charge in [0.1, 0.15) is 11.9 Å². The Bertz CT molecular complexity index is 566. The molecular weight excluding hydrogens is 469 g/mol. The highest BCUT2D eigenvalue weighted by Crippen LogP contribution is 2.15. The molecule has 2 N–H and O–H groups in total. The van der Waals surface area contributed by atoms with Gasteiger partial charge in [0.2, 0.25) is 0 Å². The summed E-state index contributed by atoms with van der Waals surface area (Å²) in [6.45, 7) is 9.02. The number of hydrogen-bond acceptors (Lipinski definition) is 4. The molecule has 0 saturated carbocycles. The highest BCUT2D eigenvalue weighted by Gasteiger charge is 2.13. The third kappa shape index (κ3) is 10.5. The van der Waals surface area contributed by atoms with Gasteiger partial charge in [0.15, 0.2) is 5.96 Å². The van der Waals surface area contributed by atoms with Gasteiger partial charge in [-0.3, -0.25) is 4.99 Å². The van der Waals surface area contributed by atoms with Gasteiger partial charge in [-0.15, -0.1) is 24.0 Å². The van der Waals surface area contributed by atoms with Gasteiger partial charge >= 0.3 is 0 Å². The maximum Gasteiger partial charge on any atom is 0.191 e. The molecule has 6 nitrogen and oxygen atoms in total. The zero-order valence-corrected chi connectivity index (χ0v) is 19.7. The van der Waals surface area contributed by atoms with E-state index in [1.807, 2.05) is 25.1 Å². The summed E-state index contributed by atoms with van der Waals surface area (Å²) in [5, 5.41) is 6.63. The van der Waals surface area contributed by atoms with Crippen LogP contribution in [0.1, 0.15) is 31.7 Å². The van der Waals surface area contributed by atoms with Crippen molar-refractivity contribution in [2.75, 3.05) is 46.6 Å². The van der Waals surface area contributed by atoms with Crippen LogP contribution in [-0.4, -0.2) is 58.6 Å². The zero-order chi connectivity index (χ0) is 19.3.